The van der Waals surface area contributed by atoms with Gasteiger partial charge in [0.05, 0.1) is 9.87 Å². The molecule has 1 heterocycles. The summed E-state index contributed by atoms with van der Waals surface area (Å²) < 4.78 is 1.12. The van der Waals surface area contributed by atoms with Crippen molar-refractivity contribution in [3.05, 3.63) is 35.2 Å². The van der Waals surface area contributed by atoms with E-state index >= 15 is 0 Å². The van der Waals surface area contributed by atoms with Gasteiger partial charge in [0.25, 0.3) is 5.91 Å². The molecular weight excluding hydrogens is 264 g/mol. The van der Waals surface area contributed by atoms with Crippen molar-refractivity contribution in [2.45, 2.75) is 19.4 Å². The summed E-state index contributed by atoms with van der Waals surface area (Å²) in [6.07, 6.45) is 0.520. The lowest BCUT2D eigenvalue weighted by Gasteiger charge is -2.11. The van der Waals surface area contributed by atoms with Gasteiger partial charge in [-0.3, -0.25) is 4.79 Å². The standard InChI is InChI=1S/C13H14N2OS2/c1-8(6-12(14)17)15-13(16)11-7-9-4-2-3-5-10(9)18-11/h2-5,7-8H,6H2,1H3,(H2,14,17)(H,15,16). The Morgan fingerprint density at radius 2 is 2.22 bits per heavy atom. The average molecular weight is 278 g/mol. The number of benzene rings is 1. The lowest BCUT2D eigenvalue weighted by molar-refractivity contribution is 0.0945. The summed E-state index contributed by atoms with van der Waals surface area (Å²) >= 11 is 6.31. The molecule has 2 aromatic rings. The molecule has 0 saturated carbocycles. The zero-order chi connectivity index (χ0) is 13.1. The quantitative estimate of drug-likeness (QED) is 0.845. The fraction of sp³-hybridized carbons (Fsp3) is 0.231. The Labute approximate surface area is 115 Å². The molecule has 1 unspecified atom stereocenters. The van der Waals surface area contributed by atoms with Crippen LogP contribution in [0.15, 0.2) is 30.3 Å². The maximum absolute atomic E-state index is 12.0. The zero-order valence-electron chi connectivity index (χ0n) is 9.97. The molecule has 0 aliphatic heterocycles. The molecule has 1 aromatic heterocycles. The number of amides is 1. The van der Waals surface area contributed by atoms with Gasteiger partial charge in [-0.25, -0.2) is 0 Å². The van der Waals surface area contributed by atoms with E-state index < -0.39 is 0 Å². The molecule has 3 N–H and O–H groups in total. The maximum Gasteiger partial charge on any atom is 0.261 e. The fourth-order valence-corrected chi connectivity index (χ4v) is 2.96. The van der Waals surface area contributed by atoms with Crippen molar-refractivity contribution in [1.82, 2.24) is 5.32 Å². The molecule has 18 heavy (non-hydrogen) atoms. The molecule has 94 valence electrons. The second-order valence-electron chi connectivity index (χ2n) is 4.19. The summed E-state index contributed by atoms with van der Waals surface area (Å²) in [5.74, 6) is -0.0695. The van der Waals surface area contributed by atoms with Crippen LogP contribution in [0.1, 0.15) is 23.0 Å². The molecular formula is C13H14N2OS2. The predicted octanol–water partition coefficient (Wildman–Crippen LogP) is 2.70. The first-order valence-corrected chi connectivity index (χ1v) is 6.86. The van der Waals surface area contributed by atoms with Gasteiger partial charge in [0, 0.05) is 17.2 Å². The third kappa shape index (κ3) is 3.05. The molecule has 5 heteroatoms. The second kappa shape index (κ2) is 5.46. The summed E-state index contributed by atoms with van der Waals surface area (Å²) in [6, 6.07) is 9.81. The number of hydrogen-bond donors (Lipinski definition) is 2. The molecule has 0 aliphatic carbocycles. The van der Waals surface area contributed by atoms with Crippen LogP contribution in [0.5, 0.6) is 0 Å². The normalized spacial score (nSPS) is 12.3. The summed E-state index contributed by atoms with van der Waals surface area (Å²) in [7, 11) is 0. The first kappa shape index (κ1) is 13.0. The van der Waals surface area contributed by atoms with Crippen molar-refractivity contribution in [2.75, 3.05) is 0 Å². The van der Waals surface area contributed by atoms with E-state index in [1.807, 2.05) is 37.3 Å². The summed E-state index contributed by atoms with van der Waals surface area (Å²) in [5.41, 5.74) is 5.45. The van der Waals surface area contributed by atoms with Gasteiger partial charge < -0.3 is 11.1 Å². The number of rotatable bonds is 4. The highest BCUT2D eigenvalue weighted by atomic mass is 32.1. The molecule has 0 spiro atoms. The molecule has 2 rings (SSSR count). The van der Waals surface area contributed by atoms with Crippen LogP contribution < -0.4 is 11.1 Å². The minimum atomic E-state index is -0.0695. The summed E-state index contributed by atoms with van der Waals surface area (Å²) in [5, 5.41) is 3.98. The summed E-state index contributed by atoms with van der Waals surface area (Å²) in [4.78, 5) is 13.2. The number of carbonyl (C=O) groups excluding carboxylic acids is 1. The second-order valence-corrected chi connectivity index (χ2v) is 5.80. The fourth-order valence-electron chi connectivity index (χ4n) is 1.74. The number of thiophene rings is 1. The molecule has 0 fully saturated rings. The number of nitrogens with one attached hydrogen (secondary N) is 1. The summed E-state index contributed by atoms with van der Waals surface area (Å²) in [6.45, 7) is 1.89. The SMILES string of the molecule is CC(CC(N)=S)NC(=O)c1cc2ccccc2s1. The highest BCUT2D eigenvalue weighted by Crippen LogP contribution is 2.25. The first-order chi connectivity index (χ1) is 8.56. The van der Waals surface area contributed by atoms with Gasteiger partial charge in [0.2, 0.25) is 0 Å². The van der Waals surface area contributed by atoms with E-state index in [9.17, 15) is 4.79 Å². The molecule has 0 radical (unpaired) electrons. The smallest absolute Gasteiger partial charge is 0.261 e. The van der Waals surface area contributed by atoms with Crippen molar-refractivity contribution in [3.8, 4) is 0 Å². The van der Waals surface area contributed by atoms with Gasteiger partial charge in [-0.2, -0.15) is 0 Å². The van der Waals surface area contributed by atoms with Crippen molar-refractivity contribution in [2.24, 2.45) is 5.73 Å². The lowest BCUT2D eigenvalue weighted by atomic mass is 10.2. The third-order valence-electron chi connectivity index (χ3n) is 2.53. The van der Waals surface area contributed by atoms with Gasteiger partial charge in [0.1, 0.15) is 0 Å². The number of fused-ring (bicyclic) bond motifs is 1. The molecule has 1 aromatic carbocycles. The Morgan fingerprint density at radius 1 is 1.50 bits per heavy atom. The van der Waals surface area contributed by atoms with Crippen LogP contribution in [0.3, 0.4) is 0 Å². The van der Waals surface area contributed by atoms with E-state index in [-0.39, 0.29) is 11.9 Å². The number of carbonyl (C=O) groups is 1. The van der Waals surface area contributed by atoms with Crippen LogP contribution in [0, 0.1) is 0 Å². The topological polar surface area (TPSA) is 55.1 Å². The van der Waals surface area contributed by atoms with E-state index in [1.54, 1.807) is 0 Å². The van der Waals surface area contributed by atoms with Crippen molar-refractivity contribution >= 4 is 44.5 Å². The largest absolute Gasteiger partial charge is 0.393 e. The molecule has 0 aliphatic rings. The Morgan fingerprint density at radius 3 is 2.89 bits per heavy atom. The van der Waals surface area contributed by atoms with Crippen LogP contribution in [0.2, 0.25) is 0 Å². The molecule has 1 amide bonds. The van der Waals surface area contributed by atoms with E-state index in [0.717, 1.165) is 10.1 Å². The molecule has 0 saturated heterocycles. The maximum atomic E-state index is 12.0. The lowest BCUT2D eigenvalue weighted by Crippen LogP contribution is -2.34. The van der Waals surface area contributed by atoms with Gasteiger partial charge in [-0.1, -0.05) is 30.4 Å². The van der Waals surface area contributed by atoms with Crippen molar-refractivity contribution in [3.63, 3.8) is 0 Å². The zero-order valence-corrected chi connectivity index (χ0v) is 11.6. The molecule has 1 atom stereocenters. The highest BCUT2D eigenvalue weighted by Gasteiger charge is 2.13. The molecule has 3 nitrogen and oxygen atoms in total. The first-order valence-electron chi connectivity index (χ1n) is 5.64. The van der Waals surface area contributed by atoms with Crippen molar-refractivity contribution < 1.29 is 4.79 Å². The third-order valence-corrected chi connectivity index (χ3v) is 3.82. The minimum absolute atomic E-state index is 0.0415. The Bertz CT molecular complexity index is 558. The van der Waals surface area contributed by atoms with Crippen LogP contribution in [-0.2, 0) is 0 Å². The van der Waals surface area contributed by atoms with Gasteiger partial charge in [-0.05, 0) is 24.4 Å². The van der Waals surface area contributed by atoms with Crippen molar-refractivity contribution in [1.29, 1.82) is 0 Å². The monoisotopic (exact) mass is 278 g/mol. The van der Waals surface area contributed by atoms with E-state index in [4.69, 9.17) is 18.0 Å². The number of nitrogens with two attached hydrogens (primary N) is 1. The highest BCUT2D eigenvalue weighted by molar-refractivity contribution is 7.80. The average Bonchev–Trinajstić information content (AvgIpc) is 2.71. The van der Waals surface area contributed by atoms with E-state index in [0.29, 0.717) is 16.3 Å². The minimum Gasteiger partial charge on any atom is -0.393 e. The van der Waals surface area contributed by atoms with Gasteiger partial charge >= 0.3 is 0 Å². The van der Waals surface area contributed by atoms with Crippen LogP contribution in [-0.4, -0.2) is 16.9 Å². The van der Waals surface area contributed by atoms with Gasteiger partial charge in [-0.15, -0.1) is 11.3 Å². The predicted molar refractivity (Wildman–Crippen MR) is 80.2 cm³/mol. The van der Waals surface area contributed by atoms with Gasteiger partial charge in [0.15, 0.2) is 0 Å². The van der Waals surface area contributed by atoms with Crippen LogP contribution in [0.4, 0.5) is 0 Å². The van der Waals surface area contributed by atoms with Crippen LogP contribution >= 0.6 is 23.6 Å². The number of thiocarbonyl (C=S) groups is 1. The van der Waals surface area contributed by atoms with E-state index in [1.165, 1.54) is 11.3 Å². The molecule has 0 bridgehead atoms. The Hall–Kier alpha value is -1.46. The van der Waals surface area contributed by atoms with Crippen LogP contribution in [0.25, 0.3) is 10.1 Å². The Kier molecular flexibility index (Phi) is 3.93. The van der Waals surface area contributed by atoms with E-state index in [2.05, 4.69) is 5.32 Å². The number of hydrogen-bond acceptors (Lipinski definition) is 3. The Balaban J connectivity index is 2.11.